The van der Waals surface area contributed by atoms with Crippen molar-refractivity contribution >= 4 is 17.9 Å². The number of rotatable bonds is 5. The molecular weight excluding hydrogens is 219 g/mol. The van der Waals surface area contributed by atoms with Gasteiger partial charge in [-0.25, -0.2) is 4.79 Å². The van der Waals surface area contributed by atoms with Gasteiger partial charge in [0.25, 0.3) is 0 Å². The summed E-state index contributed by atoms with van der Waals surface area (Å²) in [5.74, 6) is -5.02. The van der Waals surface area contributed by atoms with Gasteiger partial charge in [-0.3, -0.25) is 9.59 Å². The van der Waals surface area contributed by atoms with Gasteiger partial charge in [-0.2, -0.15) is 0 Å². The van der Waals surface area contributed by atoms with Gasteiger partial charge in [-0.05, 0) is 0 Å². The van der Waals surface area contributed by atoms with Crippen LogP contribution >= 0.6 is 0 Å². The Hall–Kier alpha value is -0.630. The van der Waals surface area contributed by atoms with E-state index in [1.54, 1.807) is 0 Å². The summed E-state index contributed by atoms with van der Waals surface area (Å²) in [6.45, 7) is 0. The summed E-state index contributed by atoms with van der Waals surface area (Å²) in [6, 6.07) is 0. The van der Waals surface area contributed by atoms with E-state index in [-0.39, 0.29) is 37.0 Å². The van der Waals surface area contributed by atoms with Gasteiger partial charge < -0.3 is 20.4 Å². The Morgan fingerprint density at radius 2 is 1.20 bits per heavy atom. The van der Waals surface area contributed by atoms with Crippen LogP contribution in [0.15, 0.2) is 0 Å². The maximum atomic E-state index is 10.3. The van der Waals surface area contributed by atoms with Gasteiger partial charge in [0, 0.05) is 0 Å². The summed E-state index contributed by atoms with van der Waals surface area (Å²) in [7, 11) is 0. The second-order valence-corrected chi connectivity index (χ2v) is 2.48. The van der Waals surface area contributed by atoms with Gasteiger partial charge in [0.15, 0.2) is 5.60 Å². The van der Waals surface area contributed by atoms with Crippen LogP contribution in [0.3, 0.4) is 0 Å². The fourth-order valence-electron chi connectivity index (χ4n) is 0.714. The minimum absolute atomic E-state index is 0. The molecule has 0 spiro atoms. The second kappa shape index (κ2) is 7.63. The van der Waals surface area contributed by atoms with Gasteiger partial charge >= 0.3 is 54.9 Å². The quantitative estimate of drug-likeness (QED) is 0.350. The molecule has 0 unspecified atom stereocenters. The molecule has 0 aliphatic carbocycles. The van der Waals surface area contributed by atoms with E-state index in [2.05, 4.69) is 0 Å². The molecule has 0 bridgehead atoms. The molecule has 74 valence electrons. The summed E-state index contributed by atoms with van der Waals surface area (Å²) in [4.78, 5) is 30.5. The molecule has 0 rings (SSSR count). The zero-order valence-electron chi connectivity index (χ0n) is 7.93. The molecule has 0 aliphatic rings. The topological polar surface area (TPSA) is 132 Å². The molecule has 0 radical (unpaired) electrons. The van der Waals surface area contributed by atoms with Gasteiger partial charge in [0.05, 0.1) is 12.8 Å². The number of carboxylic acid groups (broad SMARTS) is 3. The van der Waals surface area contributed by atoms with Crippen LogP contribution in [-0.2, 0) is 14.4 Å². The van der Waals surface area contributed by atoms with Gasteiger partial charge in [-0.15, -0.1) is 0 Å². The van der Waals surface area contributed by atoms with Crippen molar-refractivity contribution in [2.45, 2.75) is 18.4 Å². The van der Waals surface area contributed by atoms with Gasteiger partial charge in [0.2, 0.25) is 0 Å². The van der Waals surface area contributed by atoms with E-state index < -0.39 is 36.4 Å². The fraction of sp³-hybridized carbons (Fsp3) is 0.429. The van der Waals surface area contributed by atoms with Crippen LogP contribution < -0.4 is 29.6 Å². The minimum Gasteiger partial charge on any atom is -0.481 e. The number of hydrogen-bond acceptors (Lipinski definition) is 4. The smallest absolute Gasteiger partial charge is 0.481 e. The van der Waals surface area contributed by atoms with Crippen LogP contribution in [0.25, 0.3) is 0 Å². The molecular formula is C7H8NaO7+5. The molecule has 0 amide bonds. The van der Waals surface area contributed by atoms with Crippen molar-refractivity contribution < 1.29 is 64.4 Å². The SMILES string of the molecule is O=C(O)CC(O)(CC(=O)O)C(=O)O.[C+4].[Na+]. The number of carbonyl (C=O) groups is 3. The van der Waals surface area contributed by atoms with E-state index in [0.29, 0.717) is 0 Å². The molecule has 7 nitrogen and oxygen atoms in total. The van der Waals surface area contributed by atoms with Crippen molar-refractivity contribution in [2.24, 2.45) is 0 Å². The normalized spacial score (nSPS) is 9.40. The van der Waals surface area contributed by atoms with E-state index in [1.807, 2.05) is 0 Å². The molecule has 0 aromatic rings. The molecule has 0 aliphatic heterocycles. The monoisotopic (exact) mass is 227 g/mol. The molecule has 0 fully saturated rings. The average Bonchev–Trinajstić information content (AvgIpc) is 1.82. The first-order valence-corrected chi connectivity index (χ1v) is 3.17. The number of carboxylic acids is 3. The predicted molar refractivity (Wildman–Crippen MR) is 40.3 cm³/mol. The molecule has 0 atom stereocenters. The molecule has 0 saturated carbocycles. The maximum Gasteiger partial charge on any atom is 4.00 e. The summed E-state index contributed by atoms with van der Waals surface area (Å²) in [6.07, 6.45) is -2.29. The van der Waals surface area contributed by atoms with Crippen molar-refractivity contribution in [2.75, 3.05) is 0 Å². The fourth-order valence-corrected chi connectivity index (χ4v) is 0.714. The summed E-state index contributed by atoms with van der Waals surface area (Å²) in [5.41, 5.74) is -2.74. The summed E-state index contributed by atoms with van der Waals surface area (Å²) >= 11 is 0. The van der Waals surface area contributed by atoms with Crippen LogP contribution in [0.5, 0.6) is 0 Å². The zero-order valence-corrected chi connectivity index (χ0v) is 9.93. The van der Waals surface area contributed by atoms with Crippen LogP contribution in [-0.4, -0.2) is 43.9 Å². The van der Waals surface area contributed by atoms with E-state index >= 15 is 0 Å². The summed E-state index contributed by atoms with van der Waals surface area (Å²) < 4.78 is 0. The van der Waals surface area contributed by atoms with Crippen molar-refractivity contribution in [1.82, 2.24) is 0 Å². The molecule has 0 heterocycles. The van der Waals surface area contributed by atoms with E-state index in [0.717, 1.165) is 0 Å². The van der Waals surface area contributed by atoms with Crippen molar-refractivity contribution in [3.05, 3.63) is 7.43 Å². The number of aliphatic hydroxyl groups is 1. The molecule has 4 N–H and O–H groups in total. The Balaban J connectivity index is -0.000000720. The van der Waals surface area contributed by atoms with Crippen LogP contribution in [0, 0.1) is 7.43 Å². The third kappa shape index (κ3) is 7.32. The van der Waals surface area contributed by atoms with Crippen LogP contribution in [0.1, 0.15) is 12.8 Å². The Kier molecular flexibility index (Phi) is 10.1. The van der Waals surface area contributed by atoms with E-state index in [9.17, 15) is 14.4 Å². The first-order chi connectivity index (χ1) is 5.78. The first-order valence-electron chi connectivity index (χ1n) is 3.17. The van der Waals surface area contributed by atoms with Crippen molar-refractivity contribution in [3.63, 3.8) is 0 Å². The standard InChI is InChI=1S/C6H8O7.C.Na/c7-3(8)1-6(13,5(11)12)2-4(9)10;;/h13H,1-2H2,(H,7,8)(H,9,10)(H,11,12);;/q;+4;+1. The molecule has 0 aromatic heterocycles. The predicted octanol–water partition coefficient (Wildman–Crippen LogP) is -4.16. The Morgan fingerprint density at radius 3 is 1.33 bits per heavy atom. The molecule has 0 aromatic carbocycles. The Bertz CT molecular complexity index is 234. The third-order valence-electron chi connectivity index (χ3n) is 1.29. The van der Waals surface area contributed by atoms with Crippen molar-refractivity contribution in [1.29, 1.82) is 0 Å². The largest absolute Gasteiger partial charge is 4.00 e. The van der Waals surface area contributed by atoms with Crippen LogP contribution in [0.2, 0.25) is 0 Å². The number of aliphatic carboxylic acids is 3. The zero-order chi connectivity index (χ0) is 10.6. The third-order valence-corrected chi connectivity index (χ3v) is 1.29. The van der Waals surface area contributed by atoms with E-state index in [4.69, 9.17) is 20.4 Å². The van der Waals surface area contributed by atoms with Crippen molar-refractivity contribution in [3.8, 4) is 0 Å². The number of hydrogen-bond donors (Lipinski definition) is 4. The van der Waals surface area contributed by atoms with Gasteiger partial charge in [-0.1, -0.05) is 0 Å². The van der Waals surface area contributed by atoms with Gasteiger partial charge in [0.1, 0.15) is 0 Å². The Morgan fingerprint density at radius 1 is 0.933 bits per heavy atom. The summed E-state index contributed by atoms with van der Waals surface area (Å²) in [5, 5.41) is 33.8. The van der Waals surface area contributed by atoms with Crippen LogP contribution in [0.4, 0.5) is 0 Å². The maximum absolute atomic E-state index is 10.3. The first kappa shape index (κ1) is 19.9. The molecule has 15 heavy (non-hydrogen) atoms. The molecule has 0 saturated heterocycles. The minimum atomic E-state index is -2.74. The van der Waals surface area contributed by atoms with E-state index in [1.165, 1.54) is 0 Å². The second-order valence-electron chi connectivity index (χ2n) is 2.48. The Labute approximate surface area is 108 Å². The molecule has 8 heteroatoms. The average molecular weight is 227 g/mol.